The fourth-order valence-corrected chi connectivity index (χ4v) is 3.04. The molecule has 0 spiro atoms. The molecular weight excluding hydrogens is 333 g/mol. The maximum absolute atomic E-state index is 13.9. The largest absolute Gasteiger partial charge is 0.467 e. The van der Waals surface area contributed by atoms with E-state index in [9.17, 15) is 9.18 Å². The molecule has 4 nitrogen and oxygen atoms in total. The Hall–Kier alpha value is -3.05. The summed E-state index contributed by atoms with van der Waals surface area (Å²) in [6.07, 6.45) is 3.62. The molecule has 0 N–H and O–H groups in total. The third-order valence-electron chi connectivity index (χ3n) is 4.29. The van der Waals surface area contributed by atoms with Gasteiger partial charge in [0.2, 0.25) is 0 Å². The molecule has 130 valence electrons. The van der Waals surface area contributed by atoms with Gasteiger partial charge in [-0.15, -0.1) is 0 Å². The molecule has 1 aliphatic rings. The molecule has 0 saturated heterocycles. The van der Waals surface area contributed by atoms with E-state index < -0.39 is 0 Å². The fraction of sp³-hybridized carbons (Fsp3) is 0.143. The Balaban J connectivity index is 1.57. The first-order valence-corrected chi connectivity index (χ1v) is 8.31. The number of hydrogen-bond acceptors (Lipinski definition) is 3. The third-order valence-corrected chi connectivity index (χ3v) is 4.29. The van der Waals surface area contributed by atoms with Crippen LogP contribution in [0.3, 0.4) is 0 Å². The van der Waals surface area contributed by atoms with Gasteiger partial charge in [-0.1, -0.05) is 30.3 Å². The summed E-state index contributed by atoms with van der Waals surface area (Å²) in [5.41, 5.74) is 2.72. The number of fused-ring (bicyclic) bond motifs is 1. The molecule has 0 unspecified atom stereocenters. The average Bonchev–Trinajstić information content (AvgIpc) is 2.68. The Morgan fingerprint density at radius 1 is 1.04 bits per heavy atom. The number of ether oxygens (including phenoxy) is 2. The Bertz CT molecular complexity index is 939. The Morgan fingerprint density at radius 2 is 1.77 bits per heavy atom. The molecule has 26 heavy (non-hydrogen) atoms. The van der Waals surface area contributed by atoms with E-state index in [1.165, 1.54) is 12.1 Å². The number of halogens is 1. The van der Waals surface area contributed by atoms with E-state index in [1.54, 1.807) is 24.3 Å². The van der Waals surface area contributed by atoms with Gasteiger partial charge in [0.05, 0.1) is 12.2 Å². The Kier molecular flexibility index (Phi) is 4.46. The first-order valence-electron chi connectivity index (χ1n) is 8.31. The molecule has 0 bridgehead atoms. The Labute approximate surface area is 150 Å². The number of carbonyl (C=O) groups excluding carboxylic acids is 1. The van der Waals surface area contributed by atoms with Crippen molar-refractivity contribution in [2.45, 2.75) is 13.2 Å². The molecule has 3 aromatic rings. The highest BCUT2D eigenvalue weighted by Crippen LogP contribution is 2.29. The van der Waals surface area contributed by atoms with E-state index in [2.05, 4.69) is 0 Å². The number of aromatic nitrogens is 1. The summed E-state index contributed by atoms with van der Waals surface area (Å²) in [5.74, 6) is 0.334. The average molecular weight is 350 g/mol. The molecule has 0 radical (unpaired) electrons. The minimum absolute atomic E-state index is 0.0265. The minimum Gasteiger partial charge on any atom is -0.467 e. The predicted octanol–water partition coefficient (Wildman–Crippen LogP) is 3.26. The maximum atomic E-state index is 13.9. The fourth-order valence-electron chi connectivity index (χ4n) is 3.04. The topological polar surface area (TPSA) is 39.4 Å². The number of hydrogen-bond donors (Lipinski definition) is 0. The van der Waals surface area contributed by atoms with Crippen LogP contribution in [0.2, 0.25) is 0 Å². The van der Waals surface area contributed by atoms with E-state index >= 15 is 0 Å². The predicted molar refractivity (Wildman–Crippen MR) is 92.3 cm³/mol. The van der Waals surface area contributed by atoms with E-state index in [0.29, 0.717) is 35.6 Å². The van der Waals surface area contributed by atoms with Crippen molar-refractivity contribution < 1.29 is 23.2 Å². The van der Waals surface area contributed by atoms with Crippen molar-refractivity contribution in [2.24, 2.45) is 0 Å². The SMILES string of the molecule is O=C(c1ccccc1)c1cc[n+](Cc2cc(F)cc3c2OCOC3)cc1. The maximum Gasteiger partial charge on any atom is 0.193 e. The molecule has 1 aliphatic heterocycles. The molecule has 2 heterocycles. The lowest BCUT2D eigenvalue weighted by Gasteiger charge is -2.19. The summed E-state index contributed by atoms with van der Waals surface area (Å²) in [6, 6.07) is 15.6. The second kappa shape index (κ2) is 7.06. The van der Waals surface area contributed by atoms with Crippen LogP contribution in [0.1, 0.15) is 27.0 Å². The second-order valence-corrected chi connectivity index (χ2v) is 6.12. The van der Waals surface area contributed by atoms with Gasteiger partial charge in [-0.05, 0) is 12.1 Å². The molecular formula is C21H17FNO3+. The van der Waals surface area contributed by atoms with E-state index in [4.69, 9.17) is 9.47 Å². The summed E-state index contributed by atoms with van der Waals surface area (Å²) in [6.45, 7) is 0.954. The molecule has 0 atom stereocenters. The quantitative estimate of drug-likeness (QED) is 0.536. The highest BCUT2D eigenvalue weighted by molar-refractivity contribution is 6.08. The lowest BCUT2D eigenvalue weighted by molar-refractivity contribution is -0.688. The van der Waals surface area contributed by atoms with Gasteiger partial charge >= 0.3 is 0 Å². The van der Waals surface area contributed by atoms with Gasteiger partial charge in [0, 0.05) is 28.8 Å². The lowest BCUT2D eigenvalue weighted by atomic mass is 10.0. The van der Waals surface area contributed by atoms with Gasteiger partial charge in [-0.2, -0.15) is 0 Å². The normalized spacial score (nSPS) is 13.0. The van der Waals surface area contributed by atoms with Crippen LogP contribution in [0, 0.1) is 5.82 Å². The van der Waals surface area contributed by atoms with Crippen LogP contribution < -0.4 is 9.30 Å². The smallest absolute Gasteiger partial charge is 0.193 e. The van der Waals surface area contributed by atoms with Gasteiger partial charge in [0.25, 0.3) is 0 Å². The monoisotopic (exact) mass is 350 g/mol. The van der Waals surface area contributed by atoms with Crippen LogP contribution in [0.4, 0.5) is 4.39 Å². The van der Waals surface area contributed by atoms with Crippen LogP contribution in [0.5, 0.6) is 5.75 Å². The van der Waals surface area contributed by atoms with Crippen LogP contribution >= 0.6 is 0 Å². The number of rotatable bonds is 4. The molecule has 0 fully saturated rings. The molecule has 0 aliphatic carbocycles. The molecule has 1 aromatic heterocycles. The van der Waals surface area contributed by atoms with Gasteiger partial charge in [-0.3, -0.25) is 4.79 Å². The van der Waals surface area contributed by atoms with Crippen LogP contribution in [0.15, 0.2) is 67.0 Å². The van der Waals surface area contributed by atoms with Crippen molar-refractivity contribution in [3.05, 3.63) is 95.1 Å². The first-order chi connectivity index (χ1) is 12.7. The van der Waals surface area contributed by atoms with Crippen LogP contribution in [0.25, 0.3) is 0 Å². The standard InChI is InChI=1S/C21H17FNO3/c22-19-10-17(21-18(11-19)13-25-14-26-21)12-23-8-6-16(7-9-23)20(24)15-4-2-1-3-5-15/h1-11H,12-14H2/q+1. The van der Waals surface area contributed by atoms with Gasteiger partial charge in [0.1, 0.15) is 11.6 Å². The molecule has 0 amide bonds. The first kappa shape index (κ1) is 16.4. The van der Waals surface area contributed by atoms with Crippen molar-refractivity contribution in [1.29, 1.82) is 0 Å². The zero-order valence-electron chi connectivity index (χ0n) is 14.0. The number of benzene rings is 2. The van der Waals surface area contributed by atoms with Gasteiger partial charge < -0.3 is 9.47 Å². The number of ketones is 1. The van der Waals surface area contributed by atoms with Crippen molar-refractivity contribution in [2.75, 3.05) is 6.79 Å². The minimum atomic E-state index is -0.315. The number of nitrogens with zero attached hydrogens (tertiary/aromatic N) is 1. The van der Waals surface area contributed by atoms with Gasteiger partial charge in [-0.25, -0.2) is 8.96 Å². The number of carbonyl (C=O) groups is 1. The lowest BCUT2D eigenvalue weighted by Crippen LogP contribution is -2.34. The van der Waals surface area contributed by atoms with Gasteiger partial charge in [0.15, 0.2) is 31.5 Å². The highest BCUT2D eigenvalue weighted by atomic mass is 19.1. The molecule has 2 aromatic carbocycles. The highest BCUT2D eigenvalue weighted by Gasteiger charge is 2.20. The van der Waals surface area contributed by atoms with E-state index in [-0.39, 0.29) is 18.4 Å². The molecule has 0 saturated carbocycles. The van der Waals surface area contributed by atoms with Crippen molar-refractivity contribution in [3.8, 4) is 5.75 Å². The zero-order valence-corrected chi connectivity index (χ0v) is 14.0. The summed E-state index contributed by atoms with van der Waals surface area (Å²) in [5, 5.41) is 0. The van der Waals surface area contributed by atoms with E-state index in [0.717, 1.165) is 5.56 Å². The van der Waals surface area contributed by atoms with Crippen LogP contribution in [-0.4, -0.2) is 12.6 Å². The summed E-state index contributed by atoms with van der Waals surface area (Å²) < 4.78 is 26.5. The summed E-state index contributed by atoms with van der Waals surface area (Å²) in [7, 11) is 0. The van der Waals surface area contributed by atoms with Crippen molar-refractivity contribution in [3.63, 3.8) is 0 Å². The number of pyridine rings is 1. The third kappa shape index (κ3) is 3.34. The van der Waals surface area contributed by atoms with Crippen molar-refractivity contribution >= 4 is 5.78 Å². The van der Waals surface area contributed by atoms with Crippen molar-refractivity contribution in [1.82, 2.24) is 0 Å². The summed E-state index contributed by atoms with van der Waals surface area (Å²) in [4.78, 5) is 12.5. The molecule has 4 rings (SSSR count). The van der Waals surface area contributed by atoms with E-state index in [1.807, 2.05) is 35.2 Å². The second-order valence-electron chi connectivity index (χ2n) is 6.12. The van der Waals surface area contributed by atoms with Crippen LogP contribution in [-0.2, 0) is 17.9 Å². The Morgan fingerprint density at radius 3 is 2.54 bits per heavy atom. The molecule has 5 heteroatoms. The summed E-state index contributed by atoms with van der Waals surface area (Å²) >= 11 is 0. The zero-order chi connectivity index (χ0) is 17.9.